The summed E-state index contributed by atoms with van der Waals surface area (Å²) in [5.41, 5.74) is 0. The minimum Gasteiger partial charge on any atom is -0.493 e. The smallest absolute Gasteiger partial charge is 0.161 e. The zero-order chi connectivity index (χ0) is 13.2. The van der Waals surface area contributed by atoms with E-state index < -0.39 is 0 Å². The van der Waals surface area contributed by atoms with Crippen LogP contribution in [0.4, 0.5) is 0 Å². The first-order valence-electron chi connectivity index (χ1n) is 6.37. The van der Waals surface area contributed by atoms with Crippen molar-refractivity contribution in [3.63, 3.8) is 0 Å². The molecule has 1 aromatic rings. The predicted molar refractivity (Wildman–Crippen MR) is 75.9 cm³/mol. The molecule has 1 unspecified atom stereocenters. The molecule has 0 aliphatic rings. The molecule has 18 heavy (non-hydrogen) atoms. The van der Waals surface area contributed by atoms with Gasteiger partial charge in [-0.3, -0.25) is 0 Å². The second kappa shape index (κ2) is 9.06. The van der Waals surface area contributed by atoms with Crippen LogP contribution in [0.25, 0.3) is 0 Å². The van der Waals surface area contributed by atoms with Gasteiger partial charge >= 0.3 is 0 Å². The first-order chi connectivity index (χ1) is 8.81. The summed E-state index contributed by atoms with van der Waals surface area (Å²) >= 11 is 5.74. The van der Waals surface area contributed by atoms with Crippen LogP contribution in [0.3, 0.4) is 0 Å². The van der Waals surface area contributed by atoms with Crippen molar-refractivity contribution >= 4 is 11.6 Å². The van der Waals surface area contributed by atoms with E-state index in [2.05, 4.69) is 12.2 Å². The number of rotatable bonds is 9. The summed E-state index contributed by atoms with van der Waals surface area (Å²) < 4.78 is 10.9. The molecule has 0 aromatic heterocycles. The monoisotopic (exact) mass is 271 g/mol. The number of alkyl halides is 1. The third kappa shape index (κ3) is 5.15. The van der Waals surface area contributed by atoms with Gasteiger partial charge in [-0.2, -0.15) is 0 Å². The molecule has 0 heterocycles. The lowest BCUT2D eigenvalue weighted by molar-refractivity contribution is 0.284. The van der Waals surface area contributed by atoms with Crippen LogP contribution in [0, 0.1) is 0 Å². The predicted octanol–water partition coefficient (Wildman–Crippen LogP) is 3.07. The van der Waals surface area contributed by atoms with Crippen molar-refractivity contribution in [1.82, 2.24) is 5.32 Å². The van der Waals surface area contributed by atoms with Crippen molar-refractivity contribution in [2.75, 3.05) is 26.1 Å². The van der Waals surface area contributed by atoms with Gasteiger partial charge < -0.3 is 14.8 Å². The van der Waals surface area contributed by atoms with Crippen molar-refractivity contribution in [2.45, 2.75) is 25.8 Å². The Morgan fingerprint density at radius 1 is 1.28 bits per heavy atom. The molecule has 0 spiro atoms. The van der Waals surface area contributed by atoms with Crippen LogP contribution in [0.5, 0.6) is 11.5 Å². The van der Waals surface area contributed by atoms with E-state index in [-0.39, 0.29) is 0 Å². The molecule has 1 atom stereocenters. The normalized spacial score (nSPS) is 12.2. The summed E-state index contributed by atoms with van der Waals surface area (Å²) in [6.45, 7) is 3.60. The van der Waals surface area contributed by atoms with Gasteiger partial charge in [-0.15, -0.1) is 11.6 Å². The number of benzene rings is 1. The van der Waals surface area contributed by atoms with E-state index in [9.17, 15) is 0 Å². The van der Waals surface area contributed by atoms with Crippen molar-refractivity contribution in [2.24, 2.45) is 0 Å². The molecule has 102 valence electrons. The maximum Gasteiger partial charge on any atom is 0.161 e. The highest BCUT2D eigenvalue weighted by molar-refractivity contribution is 6.17. The van der Waals surface area contributed by atoms with Crippen LogP contribution in [-0.4, -0.2) is 32.2 Å². The van der Waals surface area contributed by atoms with Crippen LogP contribution < -0.4 is 14.8 Å². The third-order valence-corrected chi connectivity index (χ3v) is 3.03. The van der Waals surface area contributed by atoms with Crippen molar-refractivity contribution in [3.8, 4) is 11.5 Å². The van der Waals surface area contributed by atoms with Crippen LogP contribution in [-0.2, 0) is 0 Å². The van der Waals surface area contributed by atoms with Gasteiger partial charge in [0.2, 0.25) is 0 Å². The zero-order valence-electron chi connectivity index (χ0n) is 11.1. The number of methoxy groups -OCH3 is 1. The number of ether oxygens (including phenoxy) is 2. The Morgan fingerprint density at radius 2 is 2.00 bits per heavy atom. The Balaban J connectivity index is 2.28. The molecule has 4 heteroatoms. The summed E-state index contributed by atoms with van der Waals surface area (Å²) in [5, 5.41) is 3.43. The summed E-state index contributed by atoms with van der Waals surface area (Å²) in [7, 11) is 1.65. The fourth-order valence-corrected chi connectivity index (χ4v) is 2.01. The molecule has 0 bridgehead atoms. The average molecular weight is 272 g/mol. The van der Waals surface area contributed by atoms with E-state index >= 15 is 0 Å². The quantitative estimate of drug-likeness (QED) is 0.553. The summed E-state index contributed by atoms with van der Waals surface area (Å²) in [6, 6.07) is 8.15. The Kier molecular flexibility index (Phi) is 7.62. The highest BCUT2D eigenvalue weighted by Crippen LogP contribution is 2.25. The van der Waals surface area contributed by atoms with Crippen molar-refractivity contribution < 1.29 is 9.47 Å². The maximum atomic E-state index is 5.74. The Hall–Kier alpha value is -0.930. The van der Waals surface area contributed by atoms with Gasteiger partial charge in [0.25, 0.3) is 0 Å². The molecule has 0 aliphatic carbocycles. The number of hydrogen-bond donors (Lipinski definition) is 1. The topological polar surface area (TPSA) is 30.5 Å². The maximum absolute atomic E-state index is 5.74. The number of hydrogen-bond acceptors (Lipinski definition) is 3. The SMILES string of the molecule is CCC(CCCl)NCCOc1ccccc1OC. The molecule has 0 amide bonds. The molecular weight excluding hydrogens is 250 g/mol. The lowest BCUT2D eigenvalue weighted by atomic mass is 10.2. The fraction of sp³-hybridized carbons (Fsp3) is 0.571. The number of nitrogens with one attached hydrogen (secondary N) is 1. The molecule has 1 rings (SSSR count). The molecule has 0 aliphatic heterocycles. The summed E-state index contributed by atoms with van der Waals surface area (Å²) in [6.07, 6.45) is 2.08. The largest absolute Gasteiger partial charge is 0.493 e. The molecule has 0 saturated heterocycles. The summed E-state index contributed by atoms with van der Waals surface area (Å²) in [5.74, 6) is 2.25. The molecule has 1 aromatic carbocycles. The van der Waals surface area contributed by atoms with Gasteiger partial charge in [0.1, 0.15) is 6.61 Å². The Labute approximate surface area is 114 Å². The lowest BCUT2D eigenvalue weighted by Gasteiger charge is -2.16. The fourth-order valence-electron chi connectivity index (χ4n) is 1.74. The molecule has 0 fully saturated rings. The highest BCUT2D eigenvalue weighted by Gasteiger charge is 2.05. The van der Waals surface area contributed by atoms with Crippen molar-refractivity contribution in [1.29, 1.82) is 0 Å². The van der Waals surface area contributed by atoms with E-state index in [1.165, 1.54) is 0 Å². The summed E-state index contributed by atoms with van der Waals surface area (Å²) in [4.78, 5) is 0. The van der Waals surface area contributed by atoms with Gasteiger partial charge in [0.15, 0.2) is 11.5 Å². The molecule has 1 N–H and O–H groups in total. The second-order valence-electron chi connectivity index (χ2n) is 4.04. The van der Waals surface area contributed by atoms with E-state index in [1.807, 2.05) is 24.3 Å². The van der Waals surface area contributed by atoms with E-state index in [4.69, 9.17) is 21.1 Å². The van der Waals surface area contributed by atoms with Crippen LogP contribution in [0.15, 0.2) is 24.3 Å². The lowest BCUT2D eigenvalue weighted by Crippen LogP contribution is -2.32. The standard InChI is InChI=1S/C14H22ClNO2/c1-3-12(8-9-15)16-10-11-18-14-7-5-4-6-13(14)17-2/h4-7,12,16H,3,8-11H2,1-2H3. The first kappa shape index (κ1) is 15.1. The molecular formula is C14H22ClNO2. The van der Waals surface area contributed by atoms with Gasteiger partial charge in [-0.25, -0.2) is 0 Å². The van der Waals surface area contributed by atoms with Crippen LogP contribution in [0.2, 0.25) is 0 Å². The molecule has 3 nitrogen and oxygen atoms in total. The number of para-hydroxylation sites is 2. The van der Waals surface area contributed by atoms with Crippen LogP contribution >= 0.6 is 11.6 Å². The zero-order valence-corrected chi connectivity index (χ0v) is 11.9. The van der Waals surface area contributed by atoms with Gasteiger partial charge in [0, 0.05) is 18.5 Å². The number of halogens is 1. The highest BCUT2D eigenvalue weighted by atomic mass is 35.5. The minimum absolute atomic E-state index is 0.476. The molecule has 0 radical (unpaired) electrons. The van der Waals surface area contributed by atoms with Crippen molar-refractivity contribution in [3.05, 3.63) is 24.3 Å². The van der Waals surface area contributed by atoms with E-state index in [0.717, 1.165) is 30.9 Å². The second-order valence-corrected chi connectivity index (χ2v) is 4.41. The van der Waals surface area contributed by atoms with Gasteiger partial charge in [-0.05, 0) is 25.0 Å². The van der Waals surface area contributed by atoms with E-state index in [1.54, 1.807) is 7.11 Å². The van der Waals surface area contributed by atoms with E-state index in [0.29, 0.717) is 18.5 Å². The molecule has 0 saturated carbocycles. The Morgan fingerprint density at radius 3 is 2.61 bits per heavy atom. The average Bonchev–Trinajstić information content (AvgIpc) is 2.42. The van der Waals surface area contributed by atoms with Crippen LogP contribution in [0.1, 0.15) is 19.8 Å². The Bertz CT molecular complexity index is 333. The third-order valence-electron chi connectivity index (χ3n) is 2.81. The van der Waals surface area contributed by atoms with Gasteiger partial charge in [0.05, 0.1) is 7.11 Å². The first-order valence-corrected chi connectivity index (χ1v) is 6.90. The van der Waals surface area contributed by atoms with Gasteiger partial charge in [-0.1, -0.05) is 19.1 Å². The minimum atomic E-state index is 0.476.